The first kappa shape index (κ1) is 143. The van der Waals surface area contributed by atoms with Crippen molar-refractivity contribution >= 4 is 40.5 Å². The minimum Gasteiger partial charge on any atom is -2.00 e. The van der Waals surface area contributed by atoms with Gasteiger partial charge in [-0.1, -0.05) is 0 Å². The van der Waals surface area contributed by atoms with Crippen LogP contribution in [0.25, 0.3) is 0 Å². The second-order valence-corrected chi connectivity index (χ2v) is 0. The molecule has 0 aliphatic heterocycles. The van der Waals surface area contributed by atoms with Gasteiger partial charge in [0.05, 0.1) is 0 Å². The van der Waals surface area contributed by atoms with E-state index in [1.807, 2.05) is 0 Å². The average Bonchev–Trinajstić information content (AvgIpc) is 0. The van der Waals surface area contributed by atoms with Crippen LogP contribution in [0.1, 0.15) is 0 Å². The van der Waals surface area contributed by atoms with Crippen LogP contribution < -0.4 is 0 Å². The second kappa shape index (κ2) is 97.5. The molecule has 0 aromatic heterocycles. The Labute approximate surface area is 85.1 Å². The van der Waals surface area contributed by atoms with Gasteiger partial charge in [-0.2, -0.15) is 0 Å². The molecule has 0 aliphatic rings. The molecule has 50 valence electrons. The molecular weight excluding hydrogens is 240 g/mol. The summed E-state index contributed by atoms with van der Waals surface area (Å²) in [6.45, 7) is 0. The third-order valence-electron chi connectivity index (χ3n) is 0. The van der Waals surface area contributed by atoms with Crippen molar-refractivity contribution in [3.05, 3.63) is 0 Å². The first-order valence-electron chi connectivity index (χ1n) is 0. The number of hydrogen-bond acceptors (Lipinski definition) is 0. The molecule has 7 heteroatoms. The zero-order valence-corrected chi connectivity index (χ0v) is 7.59. The Kier molecular flexibility index (Phi) is 1990. The van der Waals surface area contributed by atoms with Crippen LogP contribution in [0.15, 0.2) is 0 Å². The fourth-order valence-corrected chi connectivity index (χ4v) is 0. The van der Waals surface area contributed by atoms with Crippen LogP contribution in [-0.4, -0.2) is 11.0 Å². The van der Waals surface area contributed by atoms with Crippen LogP contribution in [0.2, 0.25) is 0 Å². The van der Waals surface area contributed by atoms with Gasteiger partial charge in [0.2, 0.25) is 0 Å². The predicted molar refractivity (Wildman–Crippen MR) is 29.3 cm³/mol. The minimum atomic E-state index is 0. The van der Waals surface area contributed by atoms with Crippen LogP contribution in [0, 0.1) is 0 Å². The summed E-state index contributed by atoms with van der Waals surface area (Å²) < 4.78 is 0. The maximum Gasteiger partial charge on any atom is 3.00 e. The molecule has 0 bridgehead atoms. The second-order valence-electron chi connectivity index (χ2n) is 0. The number of rotatable bonds is 0. The van der Waals surface area contributed by atoms with Crippen molar-refractivity contribution in [2.45, 2.75) is 0 Å². The Hall–Kier alpha value is 2.01. The molecule has 0 spiro atoms. The normalized spacial score (nSPS) is 0. The molecular formula is H4Fe2O2S3. The summed E-state index contributed by atoms with van der Waals surface area (Å²) in [5.41, 5.74) is 0. The van der Waals surface area contributed by atoms with Gasteiger partial charge in [0.25, 0.3) is 0 Å². The Morgan fingerprint density at radius 2 is 0.429 bits per heavy atom. The van der Waals surface area contributed by atoms with E-state index in [1.54, 1.807) is 0 Å². The summed E-state index contributed by atoms with van der Waals surface area (Å²) in [5, 5.41) is 0. The first-order valence-corrected chi connectivity index (χ1v) is 0. The average molecular weight is 244 g/mol. The van der Waals surface area contributed by atoms with E-state index in [9.17, 15) is 0 Å². The van der Waals surface area contributed by atoms with Gasteiger partial charge in [-0.15, -0.1) is 0 Å². The van der Waals surface area contributed by atoms with Crippen LogP contribution in [0.5, 0.6) is 0 Å². The summed E-state index contributed by atoms with van der Waals surface area (Å²) >= 11 is 0. The zero-order chi connectivity index (χ0) is 0. The molecule has 0 heterocycles. The standard InChI is InChI=1S/2Fe.2H2O.3S/h;;2*1H2;;;/q2*+3;;;3*-2. The fraction of sp³-hybridized carbons (Fsp3) is 0. The summed E-state index contributed by atoms with van der Waals surface area (Å²) in [5.74, 6) is 0. The fourth-order valence-electron chi connectivity index (χ4n) is 0. The summed E-state index contributed by atoms with van der Waals surface area (Å²) in [7, 11) is 0. The summed E-state index contributed by atoms with van der Waals surface area (Å²) in [4.78, 5) is 0. The first-order chi connectivity index (χ1) is 0. The van der Waals surface area contributed by atoms with Gasteiger partial charge >= 0.3 is 34.1 Å². The molecule has 0 saturated heterocycles. The zero-order valence-electron chi connectivity index (χ0n) is 2.93. The van der Waals surface area contributed by atoms with Crippen molar-refractivity contribution in [2.24, 2.45) is 0 Å². The Morgan fingerprint density at radius 1 is 0.429 bits per heavy atom. The van der Waals surface area contributed by atoms with Crippen molar-refractivity contribution in [2.75, 3.05) is 0 Å². The Morgan fingerprint density at radius 3 is 0.429 bits per heavy atom. The molecule has 0 rings (SSSR count). The molecule has 0 amide bonds. The van der Waals surface area contributed by atoms with E-state index < -0.39 is 0 Å². The van der Waals surface area contributed by atoms with Crippen LogP contribution in [-0.2, 0) is 74.6 Å². The SMILES string of the molecule is O.O.[Fe+3].[Fe+3].[S-2].[S-2].[S-2]. The maximum absolute atomic E-state index is 0. The largest absolute Gasteiger partial charge is 3.00 e. The monoisotopic (exact) mass is 244 g/mol. The van der Waals surface area contributed by atoms with E-state index in [4.69, 9.17) is 0 Å². The Balaban J connectivity index is 0. The van der Waals surface area contributed by atoms with Crippen LogP contribution >= 0.6 is 0 Å². The van der Waals surface area contributed by atoms with Crippen molar-refractivity contribution in [1.29, 1.82) is 0 Å². The van der Waals surface area contributed by atoms with Gasteiger partial charge in [-0.05, 0) is 0 Å². The van der Waals surface area contributed by atoms with Gasteiger partial charge in [-0.3, -0.25) is 0 Å². The molecule has 0 fully saturated rings. The van der Waals surface area contributed by atoms with E-state index in [1.165, 1.54) is 0 Å². The molecule has 0 aromatic rings. The van der Waals surface area contributed by atoms with Gasteiger partial charge in [0.15, 0.2) is 0 Å². The van der Waals surface area contributed by atoms with E-state index in [2.05, 4.69) is 0 Å². The molecule has 0 aliphatic carbocycles. The third kappa shape index (κ3) is 71.7. The van der Waals surface area contributed by atoms with Gasteiger partial charge in [0, 0.05) is 0 Å². The molecule has 0 saturated carbocycles. The molecule has 0 unspecified atom stereocenters. The molecule has 4 N–H and O–H groups in total. The minimum absolute atomic E-state index is 0. The van der Waals surface area contributed by atoms with Gasteiger partial charge in [0.1, 0.15) is 0 Å². The van der Waals surface area contributed by atoms with Crippen LogP contribution in [0.3, 0.4) is 0 Å². The van der Waals surface area contributed by atoms with Crippen molar-refractivity contribution < 1.29 is 45.1 Å². The van der Waals surface area contributed by atoms with Crippen molar-refractivity contribution in [1.82, 2.24) is 0 Å². The summed E-state index contributed by atoms with van der Waals surface area (Å²) in [6.07, 6.45) is 0. The van der Waals surface area contributed by atoms with Crippen molar-refractivity contribution in [3.63, 3.8) is 0 Å². The number of hydrogen-bond donors (Lipinski definition) is 0. The van der Waals surface area contributed by atoms with Gasteiger partial charge in [-0.25, -0.2) is 0 Å². The van der Waals surface area contributed by atoms with E-state index in [0.29, 0.717) is 0 Å². The molecule has 2 radical (unpaired) electrons. The molecule has 0 aromatic carbocycles. The smallest absolute Gasteiger partial charge is 2.00 e. The van der Waals surface area contributed by atoms with E-state index in [0.717, 1.165) is 0 Å². The van der Waals surface area contributed by atoms with Crippen molar-refractivity contribution in [3.8, 4) is 0 Å². The molecule has 0 atom stereocenters. The van der Waals surface area contributed by atoms with E-state index >= 15 is 0 Å². The van der Waals surface area contributed by atoms with Crippen LogP contribution in [0.4, 0.5) is 0 Å². The quantitative estimate of drug-likeness (QED) is 0.458. The summed E-state index contributed by atoms with van der Waals surface area (Å²) in [6, 6.07) is 0. The topological polar surface area (TPSA) is 63.0 Å². The molecule has 2 nitrogen and oxygen atoms in total. The Bertz CT molecular complexity index is 10.9. The maximum atomic E-state index is 0. The third-order valence-corrected chi connectivity index (χ3v) is 0. The van der Waals surface area contributed by atoms with E-state index in [-0.39, 0.29) is 85.6 Å². The predicted octanol–water partition coefficient (Wildman–Crippen LogP) is -1.66. The van der Waals surface area contributed by atoms with Gasteiger partial charge < -0.3 is 51.4 Å². The molecule has 7 heavy (non-hydrogen) atoms.